The smallest absolute Gasteiger partial charge is 0.251 e. The SMILES string of the molecule is CCOc1ccccc1CCNC(=NC)NCCc1cccc(C(=O)NC)c1.I. The van der Waals surface area contributed by atoms with Gasteiger partial charge in [-0.05, 0) is 49.1 Å². The van der Waals surface area contributed by atoms with Crippen LogP contribution in [0.5, 0.6) is 5.75 Å². The maximum absolute atomic E-state index is 11.7. The first-order valence-corrected chi connectivity index (χ1v) is 9.64. The normalized spacial score (nSPS) is 10.7. The molecule has 29 heavy (non-hydrogen) atoms. The highest BCUT2D eigenvalue weighted by molar-refractivity contribution is 14.0. The fourth-order valence-corrected chi connectivity index (χ4v) is 2.88. The first kappa shape index (κ1) is 24.7. The third kappa shape index (κ3) is 8.31. The van der Waals surface area contributed by atoms with Crippen LogP contribution >= 0.6 is 24.0 Å². The van der Waals surface area contributed by atoms with Crippen LogP contribution < -0.4 is 20.7 Å². The number of halogens is 1. The monoisotopic (exact) mass is 510 g/mol. The van der Waals surface area contributed by atoms with Crippen LogP contribution in [0, 0.1) is 0 Å². The summed E-state index contributed by atoms with van der Waals surface area (Å²) < 4.78 is 5.67. The summed E-state index contributed by atoms with van der Waals surface area (Å²) in [5.41, 5.74) is 2.96. The molecular weight excluding hydrogens is 479 g/mol. The summed E-state index contributed by atoms with van der Waals surface area (Å²) in [6.45, 7) is 4.14. The number of carbonyl (C=O) groups is 1. The molecule has 0 saturated heterocycles. The Morgan fingerprint density at radius 3 is 2.45 bits per heavy atom. The van der Waals surface area contributed by atoms with E-state index in [0.717, 1.165) is 43.2 Å². The first-order valence-electron chi connectivity index (χ1n) is 9.64. The van der Waals surface area contributed by atoms with Crippen molar-refractivity contribution >= 4 is 35.8 Å². The molecule has 2 aromatic rings. The summed E-state index contributed by atoms with van der Waals surface area (Å²) in [5, 5.41) is 9.29. The quantitative estimate of drug-likeness (QED) is 0.276. The van der Waals surface area contributed by atoms with Crippen molar-refractivity contribution < 1.29 is 9.53 Å². The number of benzene rings is 2. The Bertz CT molecular complexity index is 796. The third-order valence-electron chi connectivity index (χ3n) is 4.31. The highest BCUT2D eigenvalue weighted by Gasteiger charge is 2.05. The topological polar surface area (TPSA) is 74.8 Å². The Morgan fingerprint density at radius 2 is 1.76 bits per heavy atom. The van der Waals surface area contributed by atoms with Crippen molar-refractivity contribution in [1.29, 1.82) is 0 Å². The lowest BCUT2D eigenvalue weighted by Crippen LogP contribution is -2.39. The molecule has 6 nitrogen and oxygen atoms in total. The van der Waals surface area contributed by atoms with Crippen molar-refractivity contribution in [2.75, 3.05) is 33.8 Å². The van der Waals surface area contributed by atoms with E-state index in [9.17, 15) is 4.79 Å². The van der Waals surface area contributed by atoms with Gasteiger partial charge in [-0.2, -0.15) is 0 Å². The lowest BCUT2D eigenvalue weighted by Gasteiger charge is -2.14. The van der Waals surface area contributed by atoms with Gasteiger partial charge in [-0.3, -0.25) is 9.79 Å². The summed E-state index contributed by atoms with van der Waals surface area (Å²) in [5.74, 6) is 1.63. The molecular formula is C22H31IN4O2. The number of guanidine groups is 1. The molecule has 1 amide bonds. The van der Waals surface area contributed by atoms with E-state index in [1.807, 2.05) is 49.4 Å². The predicted molar refractivity (Wildman–Crippen MR) is 130 cm³/mol. The maximum Gasteiger partial charge on any atom is 0.251 e. The molecule has 2 rings (SSSR count). The van der Waals surface area contributed by atoms with Gasteiger partial charge in [-0.15, -0.1) is 24.0 Å². The number of rotatable bonds is 9. The highest BCUT2D eigenvalue weighted by Crippen LogP contribution is 2.17. The number of nitrogens with zero attached hydrogens (tertiary/aromatic N) is 1. The molecule has 2 aromatic carbocycles. The number of nitrogens with one attached hydrogen (secondary N) is 3. The minimum Gasteiger partial charge on any atom is -0.494 e. The van der Waals surface area contributed by atoms with E-state index in [1.54, 1.807) is 14.1 Å². The van der Waals surface area contributed by atoms with E-state index >= 15 is 0 Å². The van der Waals surface area contributed by atoms with Gasteiger partial charge in [0, 0.05) is 32.7 Å². The molecule has 0 atom stereocenters. The zero-order valence-electron chi connectivity index (χ0n) is 17.3. The summed E-state index contributed by atoms with van der Waals surface area (Å²) in [4.78, 5) is 16.0. The van der Waals surface area contributed by atoms with Crippen molar-refractivity contribution in [3.05, 3.63) is 65.2 Å². The number of para-hydroxylation sites is 1. The zero-order chi connectivity index (χ0) is 20.2. The van der Waals surface area contributed by atoms with E-state index in [-0.39, 0.29) is 29.9 Å². The average Bonchev–Trinajstić information content (AvgIpc) is 2.73. The number of hydrogen-bond acceptors (Lipinski definition) is 3. The lowest BCUT2D eigenvalue weighted by molar-refractivity contribution is 0.0963. The number of aliphatic imine (C=N–C) groups is 1. The van der Waals surface area contributed by atoms with Crippen molar-refractivity contribution in [2.45, 2.75) is 19.8 Å². The fraction of sp³-hybridized carbons (Fsp3) is 0.364. The van der Waals surface area contributed by atoms with Crippen LogP contribution in [0.2, 0.25) is 0 Å². The van der Waals surface area contributed by atoms with Gasteiger partial charge >= 0.3 is 0 Å². The van der Waals surface area contributed by atoms with Crippen molar-refractivity contribution in [1.82, 2.24) is 16.0 Å². The molecule has 0 bridgehead atoms. The average molecular weight is 510 g/mol. The molecule has 3 N–H and O–H groups in total. The second-order valence-corrected chi connectivity index (χ2v) is 6.25. The summed E-state index contributed by atoms with van der Waals surface area (Å²) in [6, 6.07) is 15.8. The highest BCUT2D eigenvalue weighted by atomic mass is 127. The van der Waals surface area contributed by atoms with E-state index in [0.29, 0.717) is 12.2 Å². The van der Waals surface area contributed by atoms with Crippen LogP contribution in [-0.2, 0) is 12.8 Å². The standard InChI is InChI=1S/C22H30N4O2.HI/c1-4-28-20-11-6-5-9-18(20)13-15-26-22(24-3)25-14-12-17-8-7-10-19(16-17)21(27)23-2;/h5-11,16H,4,12-15H2,1-3H3,(H,23,27)(H2,24,25,26);1H. The van der Waals surface area contributed by atoms with Gasteiger partial charge in [0.15, 0.2) is 5.96 Å². The summed E-state index contributed by atoms with van der Waals surface area (Å²) >= 11 is 0. The largest absolute Gasteiger partial charge is 0.494 e. The number of carbonyl (C=O) groups excluding carboxylic acids is 1. The molecule has 0 saturated carbocycles. The molecule has 0 aromatic heterocycles. The molecule has 0 unspecified atom stereocenters. The first-order chi connectivity index (χ1) is 13.7. The zero-order valence-corrected chi connectivity index (χ0v) is 19.7. The number of hydrogen-bond donors (Lipinski definition) is 3. The van der Waals surface area contributed by atoms with Crippen LogP contribution in [0.4, 0.5) is 0 Å². The van der Waals surface area contributed by atoms with Gasteiger partial charge in [0.05, 0.1) is 6.61 Å². The molecule has 0 radical (unpaired) electrons. The molecule has 0 heterocycles. The minimum absolute atomic E-state index is 0. The molecule has 0 aliphatic carbocycles. The maximum atomic E-state index is 11.7. The van der Waals surface area contributed by atoms with Gasteiger partial charge in [0.2, 0.25) is 0 Å². The van der Waals surface area contributed by atoms with Gasteiger partial charge in [0.25, 0.3) is 5.91 Å². The van der Waals surface area contributed by atoms with E-state index in [1.165, 1.54) is 5.56 Å². The minimum atomic E-state index is -0.0698. The second-order valence-electron chi connectivity index (χ2n) is 6.25. The van der Waals surface area contributed by atoms with Crippen LogP contribution in [0.15, 0.2) is 53.5 Å². The van der Waals surface area contributed by atoms with Crippen LogP contribution in [0.25, 0.3) is 0 Å². The molecule has 0 aliphatic heterocycles. The molecule has 0 fully saturated rings. The molecule has 0 spiro atoms. The number of amides is 1. The van der Waals surface area contributed by atoms with Gasteiger partial charge < -0.3 is 20.7 Å². The Morgan fingerprint density at radius 1 is 1.03 bits per heavy atom. The van der Waals surface area contributed by atoms with Crippen molar-refractivity contribution in [3.8, 4) is 5.75 Å². The van der Waals surface area contributed by atoms with Crippen LogP contribution in [0.3, 0.4) is 0 Å². The lowest BCUT2D eigenvalue weighted by atomic mass is 10.1. The fourth-order valence-electron chi connectivity index (χ4n) is 2.88. The van der Waals surface area contributed by atoms with Crippen LogP contribution in [-0.4, -0.2) is 45.7 Å². The second kappa shape index (κ2) is 13.8. The van der Waals surface area contributed by atoms with Gasteiger partial charge in [-0.25, -0.2) is 0 Å². The van der Waals surface area contributed by atoms with Gasteiger partial charge in [0.1, 0.15) is 5.75 Å². The Kier molecular flexibility index (Phi) is 11.8. The van der Waals surface area contributed by atoms with Crippen molar-refractivity contribution in [3.63, 3.8) is 0 Å². The Hall–Kier alpha value is -2.29. The van der Waals surface area contributed by atoms with E-state index in [4.69, 9.17) is 4.74 Å². The predicted octanol–water partition coefficient (Wildman–Crippen LogP) is 3.01. The van der Waals surface area contributed by atoms with E-state index < -0.39 is 0 Å². The van der Waals surface area contributed by atoms with Crippen LogP contribution in [0.1, 0.15) is 28.4 Å². The molecule has 7 heteroatoms. The summed E-state index contributed by atoms with van der Waals surface area (Å²) in [6.07, 6.45) is 1.66. The molecule has 0 aliphatic rings. The Balaban J connectivity index is 0.00000420. The number of ether oxygens (including phenoxy) is 1. The van der Waals surface area contributed by atoms with E-state index in [2.05, 4.69) is 27.0 Å². The Labute approximate surface area is 190 Å². The molecule has 158 valence electrons. The third-order valence-corrected chi connectivity index (χ3v) is 4.31. The van der Waals surface area contributed by atoms with Crippen molar-refractivity contribution in [2.24, 2.45) is 4.99 Å². The summed E-state index contributed by atoms with van der Waals surface area (Å²) in [7, 11) is 3.40. The van der Waals surface area contributed by atoms with Gasteiger partial charge in [-0.1, -0.05) is 30.3 Å².